The van der Waals surface area contributed by atoms with Crippen LogP contribution in [-0.4, -0.2) is 35.1 Å². The zero-order valence-corrected chi connectivity index (χ0v) is 13.1. The highest BCUT2D eigenvalue weighted by molar-refractivity contribution is 7.10. The predicted molar refractivity (Wildman–Crippen MR) is 79.6 cm³/mol. The molecular formula is C15H22N2O2S. The summed E-state index contributed by atoms with van der Waals surface area (Å²) in [5.41, 5.74) is -0.144. The highest BCUT2D eigenvalue weighted by atomic mass is 32.1. The maximum absolute atomic E-state index is 12.5. The summed E-state index contributed by atoms with van der Waals surface area (Å²) in [6, 6.07) is 4.30. The molecule has 4 nitrogen and oxygen atoms in total. The quantitative estimate of drug-likeness (QED) is 0.911. The van der Waals surface area contributed by atoms with Gasteiger partial charge in [0.25, 0.3) is 0 Å². The Labute approximate surface area is 124 Å². The van der Waals surface area contributed by atoms with E-state index in [1.54, 1.807) is 11.3 Å². The van der Waals surface area contributed by atoms with Crippen LogP contribution in [0.4, 0.5) is 0 Å². The fourth-order valence-corrected chi connectivity index (χ4v) is 4.02. The molecule has 1 aromatic heterocycles. The molecule has 0 radical (unpaired) electrons. The molecule has 1 aromatic rings. The molecule has 2 saturated heterocycles. The van der Waals surface area contributed by atoms with E-state index in [0.717, 1.165) is 19.4 Å². The molecule has 0 bridgehead atoms. The zero-order valence-electron chi connectivity index (χ0n) is 12.3. The van der Waals surface area contributed by atoms with E-state index >= 15 is 0 Å². The number of nitrogens with zero attached hydrogens (tertiary/aromatic N) is 1. The van der Waals surface area contributed by atoms with Gasteiger partial charge in [0.2, 0.25) is 5.91 Å². The number of hydrogen-bond acceptors (Lipinski definition) is 4. The third-order valence-electron chi connectivity index (χ3n) is 4.19. The van der Waals surface area contributed by atoms with Crippen molar-refractivity contribution in [3.63, 3.8) is 0 Å². The molecule has 0 spiro atoms. The molecule has 20 heavy (non-hydrogen) atoms. The lowest BCUT2D eigenvalue weighted by Crippen LogP contribution is -2.48. The first-order valence-electron chi connectivity index (χ1n) is 7.23. The van der Waals surface area contributed by atoms with Gasteiger partial charge in [-0.2, -0.15) is 0 Å². The maximum atomic E-state index is 12.5. The van der Waals surface area contributed by atoms with Gasteiger partial charge in [-0.3, -0.25) is 10.1 Å². The second-order valence-corrected chi connectivity index (χ2v) is 7.29. The maximum Gasteiger partial charge on any atom is 0.241 e. The number of carbonyl (C=O) groups excluding carboxylic acids is 1. The van der Waals surface area contributed by atoms with Crippen molar-refractivity contribution in [1.82, 2.24) is 10.2 Å². The van der Waals surface area contributed by atoms with Crippen LogP contribution < -0.4 is 5.32 Å². The van der Waals surface area contributed by atoms with Crippen LogP contribution in [0, 0.1) is 0 Å². The van der Waals surface area contributed by atoms with E-state index in [9.17, 15) is 4.79 Å². The predicted octanol–water partition coefficient (Wildman–Crippen LogP) is 2.52. The number of rotatable bonds is 2. The first kappa shape index (κ1) is 14.0. The molecule has 3 atom stereocenters. The van der Waals surface area contributed by atoms with Crippen LogP contribution in [0.5, 0.6) is 0 Å². The van der Waals surface area contributed by atoms with Crippen LogP contribution in [0.25, 0.3) is 0 Å². The van der Waals surface area contributed by atoms with E-state index in [1.165, 1.54) is 4.88 Å². The molecule has 2 fully saturated rings. The molecule has 3 rings (SSSR count). The highest BCUT2D eigenvalue weighted by Gasteiger charge is 2.44. The van der Waals surface area contributed by atoms with Crippen LogP contribution >= 0.6 is 11.3 Å². The highest BCUT2D eigenvalue weighted by Crippen LogP contribution is 2.36. The van der Waals surface area contributed by atoms with Crippen molar-refractivity contribution in [1.29, 1.82) is 0 Å². The average Bonchev–Trinajstić information content (AvgIpc) is 2.98. The zero-order chi connectivity index (χ0) is 14.3. The topological polar surface area (TPSA) is 41.6 Å². The molecular weight excluding hydrogens is 272 g/mol. The van der Waals surface area contributed by atoms with Gasteiger partial charge in [-0.25, -0.2) is 0 Å². The van der Waals surface area contributed by atoms with Gasteiger partial charge < -0.3 is 9.64 Å². The van der Waals surface area contributed by atoms with Crippen molar-refractivity contribution in [2.24, 2.45) is 0 Å². The van der Waals surface area contributed by atoms with Gasteiger partial charge in [-0.05, 0) is 45.1 Å². The second kappa shape index (κ2) is 5.13. The molecule has 5 heteroatoms. The minimum absolute atomic E-state index is 0.0244. The van der Waals surface area contributed by atoms with Crippen LogP contribution in [0.3, 0.4) is 0 Å². The summed E-state index contributed by atoms with van der Waals surface area (Å²) < 4.78 is 5.79. The van der Waals surface area contributed by atoms with E-state index in [2.05, 4.69) is 35.5 Å². The Morgan fingerprint density at radius 1 is 1.50 bits per heavy atom. The Balaban J connectivity index is 1.86. The van der Waals surface area contributed by atoms with Gasteiger partial charge in [-0.15, -0.1) is 11.3 Å². The standard InChI is InChI=1S/C15H22N2O2S/c1-10-14(18)17(11-6-7-19-15(2,3)9-11)13(16-10)12-5-4-8-20-12/h4-5,8,10-11,13,16H,6-7,9H2,1-3H3. The number of ether oxygens (including phenoxy) is 1. The number of nitrogens with one attached hydrogen (secondary N) is 1. The first-order chi connectivity index (χ1) is 9.48. The van der Waals surface area contributed by atoms with Gasteiger partial charge >= 0.3 is 0 Å². The molecule has 3 heterocycles. The number of thiophene rings is 1. The summed E-state index contributed by atoms with van der Waals surface area (Å²) >= 11 is 1.70. The van der Waals surface area contributed by atoms with Crippen molar-refractivity contribution in [3.8, 4) is 0 Å². The molecule has 1 amide bonds. The Morgan fingerprint density at radius 2 is 2.30 bits per heavy atom. The SMILES string of the molecule is CC1NC(c2cccs2)N(C2CCOC(C)(C)C2)C1=O. The van der Waals surface area contributed by atoms with Crippen LogP contribution in [0.1, 0.15) is 44.7 Å². The third-order valence-corrected chi connectivity index (χ3v) is 5.11. The number of carbonyl (C=O) groups is 1. The lowest BCUT2D eigenvalue weighted by molar-refractivity contribution is -0.139. The molecule has 0 saturated carbocycles. The van der Waals surface area contributed by atoms with Gasteiger partial charge in [-0.1, -0.05) is 6.07 Å². The Kier molecular flexibility index (Phi) is 3.60. The minimum Gasteiger partial charge on any atom is -0.375 e. The summed E-state index contributed by atoms with van der Waals surface area (Å²) in [5, 5.41) is 5.49. The fourth-order valence-electron chi connectivity index (χ4n) is 3.23. The Bertz CT molecular complexity index is 486. The monoisotopic (exact) mass is 294 g/mol. The minimum atomic E-state index is -0.144. The number of amides is 1. The summed E-state index contributed by atoms with van der Waals surface area (Å²) in [5.74, 6) is 0.214. The van der Waals surface area contributed by atoms with E-state index in [4.69, 9.17) is 4.74 Å². The Morgan fingerprint density at radius 3 is 2.95 bits per heavy atom. The molecule has 110 valence electrons. The normalized spacial score (nSPS) is 33.6. The van der Waals surface area contributed by atoms with Crippen LogP contribution in [-0.2, 0) is 9.53 Å². The Hall–Kier alpha value is -0.910. The van der Waals surface area contributed by atoms with Gasteiger partial charge in [0.1, 0.15) is 6.17 Å². The van der Waals surface area contributed by atoms with E-state index in [-0.39, 0.29) is 29.8 Å². The third kappa shape index (κ3) is 2.50. The summed E-state index contributed by atoms with van der Waals surface area (Å²) in [7, 11) is 0. The van der Waals surface area contributed by atoms with Crippen molar-refractivity contribution >= 4 is 17.2 Å². The second-order valence-electron chi connectivity index (χ2n) is 6.31. The smallest absolute Gasteiger partial charge is 0.241 e. The summed E-state index contributed by atoms with van der Waals surface area (Å²) in [6.07, 6.45) is 1.84. The van der Waals surface area contributed by atoms with Crippen LogP contribution in [0.15, 0.2) is 17.5 Å². The fraction of sp³-hybridized carbons (Fsp3) is 0.667. The van der Waals surface area contributed by atoms with Crippen LogP contribution in [0.2, 0.25) is 0 Å². The van der Waals surface area contributed by atoms with Gasteiger partial charge in [0.15, 0.2) is 0 Å². The molecule has 2 aliphatic rings. The molecule has 0 aliphatic carbocycles. The summed E-state index contributed by atoms with van der Waals surface area (Å²) in [6.45, 7) is 6.90. The van der Waals surface area contributed by atoms with Crippen molar-refractivity contribution in [2.45, 2.75) is 57.5 Å². The molecule has 1 N–H and O–H groups in total. The van der Waals surface area contributed by atoms with Crippen molar-refractivity contribution in [3.05, 3.63) is 22.4 Å². The van der Waals surface area contributed by atoms with Crippen molar-refractivity contribution < 1.29 is 9.53 Å². The van der Waals surface area contributed by atoms with Gasteiger partial charge in [0, 0.05) is 17.5 Å². The lowest BCUT2D eigenvalue weighted by Gasteiger charge is -2.41. The molecule has 2 aliphatic heterocycles. The first-order valence-corrected chi connectivity index (χ1v) is 8.11. The largest absolute Gasteiger partial charge is 0.375 e. The van der Waals surface area contributed by atoms with Crippen molar-refractivity contribution in [2.75, 3.05) is 6.61 Å². The molecule has 3 unspecified atom stereocenters. The summed E-state index contributed by atoms with van der Waals surface area (Å²) in [4.78, 5) is 15.8. The molecule has 0 aromatic carbocycles. The van der Waals surface area contributed by atoms with E-state index in [0.29, 0.717) is 0 Å². The lowest BCUT2D eigenvalue weighted by atomic mass is 9.92. The van der Waals surface area contributed by atoms with Gasteiger partial charge in [0.05, 0.1) is 11.6 Å². The van der Waals surface area contributed by atoms with E-state index in [1.807, 2.05) is 13.0 Å². The van der Waals surface area contributed by atoms with E-state index < -0.39 is 0 Å². The number of hydrogen-bond donors (Lipinski definition) is 1. The average molecular weight is 294 g/mol.